The van der Waals surface area contributed by atoms with Gasteiger partial charge < -0.3 is 10.1 Å². The first-order valence-electron chi connectivity index (χ1n) is 7.10. The van der Waals surface area contributed by atoms with Crippen molar-refractivity contribution < 1.29 is 14.3 Å². The molecule has 0 aromatic heterocycles. The number of rotatable bonds is 5. The molecule has 1 aliphatic heterocycles. The number of hydrogen-bond donors (Lipinski definition) is 1. The van der Waals surface area contributed by atoms with Crippen molar-refractivity contribution in [3.63, 3.8) is 0 Å². The fourth-order valence-electron chi connectivity index (χ4n) is 2.13. The van der Waals surface area contributed by atoms with E-state index in [9.17, 15) is 9.59 Å². The number of carbonyl (C=O) groups excluding carboxylic acids is 2. The van der Waals surface area contributed by atoms with Crippen molar-refractivity contribution >= 4 is 40.9 Å². The van der Waals surface area contributed by atoms with Crippen molar-refractivity contribution in [2.24, 2.45) is 0 Å². The minimum absolute atomic E-state index is 0.293. The molecule has 1 N–H and O–H groups in total. The lowest BCUT2D eigenvalue weighted by atomic mass is 10.3. The number of carbonyl (C=O) groups is 2. The number of amides is 1. The van der Waals surface area contributed by atoms with Gasteiger partial charge in [-0.25, -0.2) is 0 Å². The predicted molar refractivity (Wildman–Crippen MR) is 89.4 cm³/mol. The lowest BCUT2D eigenvalue weighted by molar-refractivity contribution is -0.152. The third-order valence-corrected chi connectivity index (χ3v) is 4.57. The van der Waals surface area contributed by atoms with Crippen LogP contribution in [-0.2, 0) is 14.3 Å². The quantitative estimate of drug-likeness (QED) is 0.832. The Morgan fingerprint density at radius 1 is 1.41 bits per heavy atom. The molecule has 1 heterocycles. The highest BCUT2D eigenvalue weighted by Crippen LogP contribution is 2.15. The number of benzene rings is 1. The Morgan fingerprint density at radius 3 is 2.82 bits per heavy atom. The van der Waals surface area contributed by atoms with Gasteiger partial charge in [0.1, 0.15) is 6.04 Å². The summed E-state index contributed by atoms with van der Waals surface area (Å²) in [5.41, 5.74) is 0.578. The molecule has 120 valence electrons. The van der Waals surface area contributed by atoms with E-state index in [1.165, 1.54) is 0 Å². The summed E-state index contributed by atoms with van der Waals surface area (Å²) in [6, 6.07) is 6.49. The molecule has 1 aromatic rings. The Balaban J connectivity index is 1.76. The zero-order valence-electron chi connectivity index (χ0n) is 12.4. The van der Waals surface area contributed by atoms with Gasteiger partial charge in [-0.3, -0.25) is 14.5 Å². The zero-order chi connectivity index (χ0) is 15.9. The Bertz CT molecular complexity index is 535. The molecule has 1 aliphatic rings. The third-order valence-electron chi connectivity index (χ3n) is 3.39. The first kappa shape index (κ1) is 17.1. The first-order chi connectivity index (χ1) is 10.6. The molecule has 2 rings (SSSR count). The number of halogens is 1. The van der Waals surface area contributed by atoms with E-state index in [1.54, 1.807) is 24.3 Å². The lowest BCUT2D eigenvalue weighted by Crippen LogP contribution is -2.45. The minimum Gasteiger partial charge on any atom is -0.454 e. The van der Waals surface area contributed by atoms with Crippen LogP contribution in [0.15, 0.2) is 24.3 Å². The average molecular weight is 343 g/mol. The van der Waals surface area contributed by atoms with Crippen molar-refractivity contribution in [1.29, 1.82) is 0 Å². The Hall–Kier alpha value is -1.24. The second-order valence-corrected chi connectivity index (χ2v) is 6.65. The van der Waals surface area contributed by atoms with Crippen molar-refractivity contribution in [2.45, 2.75) is 13.0 Å². The van der Waals surface area contributed by atoms with E-state index < -0.39 is 0 Å². The molecule has 0 spiro atoms. The number of nitrogens with zero attached hydrogens (tertiary/aromatic N) is 1. The van der Waals surface area contributed by atoms with Crippen LogP contribution in [0, 0.1) is 0 Å². The van der Waals surface area contributed by atoms with Crippen LogP contribution in [0.4, 0.5) is 5.69 Å². The molecule has 5 nitrogen and oxygen atoms in total. The summed E-state index contributed by atoms with van der Waals surface area (Å²) in [4.78, 5) is 25.8. The molecule has 0 unspecified atom stereocenters. The summed E-state index contributed by atoms with van der Waals surface area (Å²) in [5.74, 6) is 1.30. The largest absolute Gasteiger partial charge is 0.454 e. The number of anilines is 1. The summed E-state index contributed by atoms with van der Waals surface area (Å²) >= 11 is 7.72. The van der Waals surface area contributed by atoms with E-state index in [2.05, 4.69) is 10.2 Å². The maximum Gasteiger partial charge on any atom is 0.323 e. The smallest absolute Gasteiger partial charge is 0.323 e. The molecular formula is C15H19ClN2O3S. The van der Waals surface area contributed by atoms with E-state index in [1.807, 2.05) is 18.7 Å². The molecule has 1 saturated heterocycles. The molecular weight excluding hydrogens is 324 g/mol. The topological polar surface area (TPSA) is 58.6 Å². The summed E-state index contributed by atoms with van der Waals surface area (Å²) in [6.07, 6.45) is 0. The van der Waals surface area contributed by atoms with Gasteiger partial charge in [0.05, 0.1) is 0 Å². The van der Waals surface area contributed by atoms with Crippen LogP contribution in [0.3, 0.4) is 0 Å². The monoisotopic (exact) mass is 342 g/mol. The van der Waals surface area contributed by atoms with Crippen molar-refractivity contribution in [2.75, 3.05) is 36.5 Å². The van der Waals surface area contributed by atoms with Crippen LogP contribution in [0.5, 0.6) is 0 Å². The molecule has 7 heteroatoms. The average Bonchev–Trinajstić information content (AvgIpc) is 2.52. The van der Waals surface area contributed by atoms with Gasteiger partial charge in [0.15, 0.2) is 6.61 Å². The normalized spacial score (nSPS) is 16.8. The minimum atomic E-state index is -0.378. The van der Waals surface area contributed by atoms with E-state index >= 15 is 0 Å². The highest BCUT2D eigenvalue weighted by molar-refractivity contribution is 7.99. The van der Waals surface area contributed by atoms with Gasteiger partial charge in [-0.15, -0.1) is 0 Å². The van der Waals surface area contributed by atoms with E-state index in [0.717, 1.165) is 24.6 Å². The Labute approximate surface area is 139 Å². The predicted octanol–water partition coefficient (Wildman–Crippen LogP) is 2.26. The fourth-order valence-corrected chi connectivity index (χ4v) is 3.26. The first-order valence-corrected chi connectivity index (χ1v) is 8.63. The standard InChI is InChI=1S/C15H19ClN2O3S/c1-11(18-5-7-22-8-6-18)15(20)21-10-14(19)17-13-4-2-3-12(16)9-13/h2-4,9,11H,5-8,10H2,1H3,(H,17,19)/t11-/m1/s1. The zero-order valence-corrected chi connectivity index (χ0v) is 14.0. The molecule has 0 bridgehead atoms. The fraction of sp³-hybridized carbons (Fsp3) is 0.467. The molecule has 0 aliphatic carbocycles. The summed E-state index contributed by atoms with van der Waals surface area (Å²) in [6.45, 7) is 3.26. The van der Waals surface area contributed by atoms with Crippen LogP contribution in [0.1, 0.15) is 6.92 Å². The molecule has 1 atom stereocenters. The second kappa shape index (κ2) is 8.41. The lowest BCUT2D eigenvalue weighted by Gasteiger charge is -2.30. The van der Waals surface area contributed by atoms with Crippen LogP contribution in [-0.4, -0.2) is 54.0 Å². The van der Waals surface area contributed by atoms with Gasteiger partial charge in [-0.05, 0) is 25.1 Å². The molecule has 0 radical (unpaired) electrons. The SMILES string of the molecule is C[C@H](C(=O)OCC(=O)Nc1cccc(Cl)c1)N1CCSCC1. The van der Waals surface area contributed by atoms with Crippen LogP contribution < -0.4 is 5.32 Å². The van der Waals surface area contributed by atoms with Gasteiger partial charge in [0.2, 0.25) is 0 Å². The van der Waals surface area contributed by atoms with Crippen molar-refractivity contribution in [3.8, 4) is 0 Å². The van der Waals surface area contributed by atoms with Crippen molar-refractivity contribution in [3.05, 3.63) is 29.3 Å². The Morgan fingerprint density at radius 2 is 2.14 bits per heavy atom. The Kier molecular flexibility index (Phi) is 6.54. The molecule has 1 fully saturated rings. The van der Waals surface area contributed by atoms with Crippen LogP contribution >= 0.6 is 23.4 Å². The number of esters is 1. The van der Waals surface area contributed by atoms with Gasteiger partial charge in [-0.2, -0.15) is 11.8 Å². The molecule has 22 heavy (non-hydrogen) atoms. The van der Waals surface area contributed by atoms with E-state index in [0.29, 0.717) is 10.7 Å². The number of hydrogen-bond acceptors (Lipinski definition) is 5. The highest BCUT2D eigenvalue weighted by atomic mass is 35.5. The van der Waals surface area contributed by atoms with Gasteiger partial charge in [0, 0.05) is 35.3 Å². The summed E-state index contributed by atoms with van der Waals surface area (Å²) in [5, 5.41) is 3.17. The number of ether oxygens (including phenoxy) is 1. The molecule has 1 aromatic carbocycles. The number of thioether (sulfide) groups is 1. The summed E-state index contributed by atoms with van der Waals surface area (Å²) < 4.78 is 5.09. The summed E-state index contributed by atoms with van der Waals surface area (Å²) in [7, 11) is 0. The van der Waals surface area contributed by atoms with E-state index in [4.69, 9.17) is 16.3 Å². The molecule has 1 amide bonds. The highest BCUT2D eigenvalue weighted by Gasteiger charge is 2.24. The molecule has 0 saturated carbocycles. The maximum atomic E-state index is 12.0. The maximum absolute atomic E-state index is 12.0. The van der Waals surface area contributed by atoms with Crippen LogP contribution in [0.2, 0.25) is 5.02 Å². The van der Waals surface area contributed by atoms with Gasteiger partial charge in [-0.1, -0.05) is 17.7 Å². The van der Waals surface area contributed by atoms with E-state index in [-0.39, 0.29) is 24.5 Å². The number of nitrogens with one attached hydrogen (secondary N) is 1. The van der Waals surface area contributed by atoms with Crippen molar-refractivity contribution in [1.82, 2.24) is 4.90 Å². The third kappa shape index (κ3) is 5.19. The van der Waals surface area contributed by atoms with Crippen LogP contribution in [0.25, 0.3) is 0 Å². The van der Waals surface area contributed by atoms with Gasteiger partial charge >= 0.3 is 5.97 Å². The second-order valence-electron chi connectivity index (χ2n) is 4.99. The van der Waals surface area contributed by atoms with Gasteiger partial charge in [0.25, 0.3) is 5.91 Å².